The number of hydrogen-bond acceptors (Lipinski definition) is 6. The molecule has 1 aliphatic rings. The highest BCUT2D eigenvalue weighted by Gasteiger charge is 2.35. The topological polar surface area (TPSA) is 91.2 Å². The molecule has 1 unspecified atom stereocenters. The molecule has 0 saturated carbocycles. The summed E-state index contributed by atoms with van der Waals surface area (Å²) in [6.45, 7) is 7.86. The minimum Gasteiger partial charge on any atom is -0.475 e. The molecular formula is C19H31F3IN5O3. The number of aliphatic hydroxyl groups is 1. The van der Waals surface area contributed by atoms with Crippen molar-refractivity contribution in [2.75, 3.05) is 59.1 Å². The second kappa shape index (κ2) is 13.2. The minimum atomic E-state index is -4.53. The van der Waals surface area contributed by atoms with E-state index in [-0.39, 0.29) is 43.7 Å². The van der Waals surface area contributed by atoms with Crippen LogP contribution in [-0.4, -0.2) is 85.6 Å². The Balaban J connectivity index is 0.00000480. The molecule has 0 bridgehead atoms. The van der Waals surface area contributed by atoms with Crippen molar-refractivity contribution in [2.45, 2.75) is 25.6 Å². The van der Waals surface area contributed by atoms with E-state index in [0.717, 1.165) is 19.2 Å². The summed E-state index contributed by atoms with van der Waals surface area (Å²) in [7, 11) is 0. The first-order chi connectivity index (χ1) is 14.2. The molecule has 1 aliphatic heterocycles. The molecule has 1 fully saturated rings. The molecule has 31 heavy (non-hydrogen) atoms. The fourth-order valence-electron chi connectivity index (χ4n) is 2.92. The standard InChI is InChI=1S/C19H30F3N5O3.HI/c1-3-23-17(26-13-18(2,28)14-27-8-11-29-12-9-27)25-7-10-30-16-15(19(20,21)22)5-4-6-24-16;/h4-6,28H,3,7-14H2,1-2H3,(H2,23,25,26);1H. The molecular weight excluding hydrogens is 530 g/mol. The van der Waals surface area contributed by atoms with Crippen LogP contribution in [0.25, 0.3) is 0 Å². The SMILES string of the molecule is CCNC(=NCC(C)(O)CN1CCOCC1)NCCOc1ncccc1C(F)(F)F.I. The maximum Gasteiger partial charge on any atom is 0.421 e. The predicted octanol–water partition coefficient (Wildman–Crippen LogP) is 1.74. The number of halogens is 4. The number of nitrogens with one attached hydrogen (secondary N) is 2. The number of alkyl halides is 3. The van der Waals surface area contributed by atoms with Gasteiger partial charge in [0.2, 0.25) is 5.88 Å². The minimum absolute atomic E-state index is 0. The monoisotopic (exact) mass is 561 g/mol. The maximum absolute atomic E-state index is 13.0. The highest BCUT2D eigenvalue weighted by atomic mass is 127. The van der Waals surface area contributed by atoms with Crippen LogP contribution < -0.4 is 15.4 Å². The zero-order valence-corrected chi connectivity index (χ0v) is 20.1. The van der Waals surface area contributed by atoms with Crippen LogP contribution in [0.3, 0.4) is 0 Å². The smallest absolute Gasteiger partial charge is 0.421 e. The number of aromatic nitrogens is 1. The van der Waals surface area contributed by atoms with E-state index in [0.29, 0.717) is 32.3 Å². The Morgan fingerprint density at radius 2 is 2.03 bits per heavy atom. The van der Waals surface area contributed by atoms with E-state index >= 15 is 0 Å². The number of morpholine rings is 1. The van der Waals surface area contributed by atoms with Crippen LogP contribution in [0.5, 0.6) is 5.88 Å². The highest BCUT2D eigenvalue weighted by Crippen LogP contribution is 2.34. The first-order valence-electron chi connectivity index (χ1n) is 9.91. The van der Waals surface area contributed by atoms with E-state index < -0.39 is 23.2 Å². The highest BCUT2D eigenvalue weighted by molar-refractivity contribution is 14.0. The molecule has 2 rings (SSSR count). The van der Waals surface area contributed by atoms with Crippen molar-refractivity contribution in [1.29, 1.82) is 0 Å². The third kappa shape index (κ3) is 10.2. The molecule has 178 valence electrons. The lowest BCUT2D eigenvalue weighted by atomic mass is 10.1. The van der Waals surface area contributed by atoms with Gasteiger partial charge in [0, 0.05) is 32.4 Å². The number of guanidine groups is 1. The van der Waals surface area contributed by atoms with Gasteiger partial charge >= 0.3 is 6.18 Å². The second-order valence-corrected chi connectivity index (χ2v) is 7.21. The Hall–Kier alpha value is -1.38. The lowest BCUT2D eigenvalue weighted by Crippen LogP contribution is -2.48. The van der Waals surface area contributed by atoms with Crippen LogP contribution >= 0.6 is 24.0 Å². The van der Waals surface area contributed by atoms with E-state index in [4.69, 9.17) is 9.47 Å². The molecule has 8 nitrogen and oxygen atoms in total. The zero-order chi connectivity index (χ0) is 22.0. The van der Waals surface area contributed by atoms with E-state index in [9.17, 15) is 18.3 Å². The van der Waals surface area contributed by atoms with E-state index in [2.05, 4.69) is 25.5 Å². The van der Waals surface area contributed by atoms with Gasteiger partial charge in [0.15, 0.2) is 5.96 Å². The van der Waals surface area contributed by atoms with Crippen LogP contribution in [0.1, 0.15) is 19.4 Å². The number of pyridine rings is 1. The summed E-state index contributed by atoms with van der Waals surface area (Å²) in [5.74, 6) is -0.0115. The first kappa shape index (κ1) is 27.7. The van der Waals surface area contributed by atoms with Crippen molar-refractivity contribution >= 4 is 29.9 Å². The molecule has 0 amide bonds. The Kier molecular flexibility index (Phi) is 11.8. The lowest BCUT2D eigenvalue weighted by Gasteiger charge is -2.33. The average molecular weight is 561 g/mol. The molecule has 3 N–H and O–H groups in total. The third-order valence-corrected chi connectivity index (χ3v) is 4.30. The molecule has 1 aromatic rings. The molecule has 0 aromatic carbocycles. The molecule has 2 heterocycles. The molecule has 0 radical (unpaired) electrons. The molecule has 1 saturated heterocycles. The van der Waals surface area contributed by atoms with Crippen LogP contribution in [0.2, 0.25) is 0 Å². The van der Waals surface area contributed by atoms with Crippen molar-refractivity contribution < 1.29 is 27.8 Å². The number of β-amino-alcohol motifs (C(OH)–C–C–N with tert-alkyl or cyclic N) is 1. The van der Waals surface area contributed by atoms with Gasteiger partial charge < -0.3 is 25.2 Å². The number of nitrogens with zero attached hydrogens (tertiary/aromatic N) is 3. The van der Waals surface area contributed by atoms with Crippen LogP contribution in [-0.2, 0) is 10.9 Å². The molecule has 1 atom stereocenters. The summed E-state index contributed by atoms with van der Waals surface area (Å²) in [4.78, 5) is 10.2. The third-order valence-electron chi connectivity index (χ3n) is 4.30. The fraction of sp³-hybridized carbons (Fsp3) is 0.684. The largest absolute Gasteiger partial charge is 0.475 e. The Labute approximate surface area is 197 Å². The van der Waals surface area contributed by atoms with Gasteiger partial charge in [-0.1, -0.05) is 0 Å². The van der Waals surface area contributed by atoms with Crippen LogP contribution in [0, 0.1) is 0 Å². The van der Waals surface area contributed by atoms with E-state index in [1.807, 2.05) is 6.92 Å². The summed E-state index contributed by atoms with van der Waals surface area (Å²) in [5.41, 5.74) is -1.93. The van der Waals surface area contributed by atoms with Gasteiger partial charge in [-0.3, -0.25) is 9.89 Å². The van der Waals surface area contributed by atoms with Gasteiger partial charge in [-0.05, 0) is 26.0 Å². The second-order valence-electron chi connectivity index (χ2n) is 7.21. The van der Waals surface area contributed by atoms with E-state index in [1.54, 1.807) is 6.92 Å². The first-order valence-corrected chi connectivity index (χ1v) is 9.91. The lowest BCUT2D eigenvalue weighted by molar-refractivity contribution is -0.139. The molecule has 12 heteroatoms. The van der Waals surface area contributed by atoms with Gasteiger partial charge in [-0.25, -0.2) is 4.98 Å². The van der Waals surface area contributed by atoms with Crippen molar-refractivity contribution in [3.63, 3.8) is 0 Å². The van der Waals surface area contributed by atoms with E-state index in [1.165, 1.54) is 12.3 Å². The van der Waals surface area contributed by atoms with Crippen molar-refractivity contribution in [3.8, 4) is 5.88 Å². The van der Waals surface area contributed by atoms with Crippen LogP contribution in [0.4, 0.5) is 13.2 Å². The number of hydrogen-bond donors (Lipinski definition) is 3. The summed E-state index contributed by atoms with van der Waals surface area (Å²) in [5, 5.41) is 16.6. The number of rotatable bonds is 9. The number of ether oxygens (including phenoxy) is 2. The van der Waals surface area contributed by atoms with Gasteiger partial charge in [0.25, 0.3) is 0 Å². The predicted molar refractivity (Wildman–Crippen MR) is 122 cm³/mol. The van der Waals surface area contributed by atoms with Crippen molar-refractivity contribution in [2.24, 2.45) is 4.99 Å². The van der Waals surface area contributed by atoms with Crippen LogP contribution in [0.15, 0.2) is 23.3 Å². The summed E-state index contributed by atoms with van der Waals surface area (Å²) in [6, 6.07) is 2.14. The van der Waals surface area contributed by atoms with Crippen molar-refractivity contribution in [1.82, 2.24) is 20.5 Å². The van der Waals surface area contributed by atoms with Gasteiger partial charge in [-0.2, -0.15) is 13.2 Å². The quantitative estimate of drug-likeness (QED) is 0.183. The van der Waals surface area contributed by atoms with Gasteiger partial charge in [0.1, 0.15) is 12.2 Å². The van der Waals surface area contributed by atoms with Gasteiger partial charge in [0.05, 0.1) is 31.9 Å². The molecule has 0 spiro atoms. The Morgan fingerprint density at radius 3 is 2.68 bits per heavy atom. The Bertz CT molecular complexity index is 686. The fourth-order valence-corrected chi connectivity index (χ4v) is 2.92. The summed E-state index contributed by atoms with van der Waals surface area (Å²) >= 11 is 0. The van der Waals surface area contributed by atoms with Gasteiger partial charge in [-0.15, -0.1) is 24.0 Å². The normalized spacial score (nSPS) is 17.4. The zero-order valence-electron chi connectivity index (χ0n) is 17.7. The Morgan fingerprint density at radius 1 is 1.32 bits per heavy atom. The van der Waals surface area contributed by atoms with Crippen molar-refractivity contribution in [3.05, 3.63) is 23.9 Å². The maximum atomic E-state index is 13.0. The molecule has 0 aliphatic carbocycles. The molecule has 1 aromatic heterocycles. The summed E-state index contributed by atoms with van der Waals surface area (Å²) < 4.78 is 49.4. The average Bonchev–Trinajstić information content (AvgIpc) is 2.69. The summed E-state index contributed by atoms with van der Waals surface area (Å²) in [6.07, 6.45) is -3.28. The number of aliphatic imine (C=N–C) groups is 1.